The molecule has 2 aromatic rings. The first kappa shape index (κ1) is 16.5. The average Bonchev–Trinajstić information content (AvgIpc) is 2.63. The summed E-state index contributed by atoms with van der Waals surface area (Å²) in [5.41, 5.74) is 2.23. The quantitative estimate of drug-likeness (QED) is 0.730. The lowest BCUT2D eigenvalue weighted by Gasteiger charge is -2.43. The summed E-state index contributed by atoms with van der Waals surface area (Å²) in [5, 5.41) is 0. The number of allylic oxidation sites excluding steroid dienone is 1. The van der Waals surface area contributed by atoms with E-state index in [1.807, 2.05) is 41.3 Å². The van der Waals surface area contributed by atoms with Gasteiger partial charge in [-0.05, 0) is 48.8 Å². The van der Waals surface area contributed by atoms with E-state index in [0.717, 1.165) is 44.3 Å². The first-order valence-electron chi connectivity index (χ1n) is 8.72. The molecule has 1 heterocycles. The maximum Gasteiger partial charge on any atom is 0.253 e. The van der Waals surface area contributed by atoms with E-state index in [1.54, 1.807) is 0 Å². The highest BCUT2D eigenvalue weighted by molar-refractivity contribution is 5.94. The monoisotopic (exact) mass is 319 g/mol. The number of carbonyl (C=O) groups is 1. The predicted molar refractivity (Wildman–Crippen MR) is 99.0 cm³/mol. The maximum atomic E-state index is 12.8. The van der Waals surface area contributed by atoms with Crippen LogP contribution in [0.4, 0.5) is 0 Å². The topological polar surface area (TPSA) is 20.3 Å². The molecule has 1 aliphatic heterocycles. The number of hydrogen-bond acceptors (Lipinski definition) is 1. The lowest BCUT2D eigenvalue weighted by atomic mass is 9.72. The van der Waals surface area contributed by atoms with Crippen molar-refractivity contribution < 1.29 is 4.79 Å². The van der Waals surface area contributed by atoms with Crippen molar-refractivity contribution in [2.24, 2.45) is 5.41 Å². The lowest BCUT2D eigenvalue weighted by molar-refractivity contribution is 0.0516. The Bertz CT molecular complexity index is 680. The number of nitrogens with zero attached hydrogens (tertiary/aromatic N) is 1. The van der Waals surface area contributed by atoms with Gasteiger partial charge in [-0.3, -0.25) is 4.79 Å². The Hall–Kier alpha value is -2.35. The van der Waals surface area contributed by atoms with E-state index in [1.165, 1.54) is 5.56 Å². The molecule has 0 spiro atoms. The minimum Gasteiger partial charge on any atom is -0.338 e. The molecule has 0 radical (unpaired) electrons. The van der Waals surface area contributed by atoms with Crippen LogP contribution in [-0.2, 0) is 6.42 Å². The first-order chi connectivity index (χ1) is 11.7. The van der Waals surface area contributed by atoms with Gasteiger partial charge in [-0.2, -0.15) is 0 Å². The van der Waals surface area contributed by atoms with Gasteiger partial charge >= 0.3 is 0 Å². The second-order valence-electron chi connectivity index (χ2n) is 6.85. The van der Waals surface area contributed by atoms with Crippen molar-refractivity contribution in [1.82, 2.24) is 4.90 Å². The van der Waals surface area contributed by atoms with Gasteiger partial charge in [-0.15, -0.1) is 6.58 Å². The third-order valence-electron chi connectivity index (χ3n) is 4.97. The van der Waals surface area contributed by atoms with Crippen molar-refractivity contribution in [2.75, 3.05) is 13.1 Å². The SMILES string of the molecule is C=CCC1(Cc2ccccc2)CCCN(C(=O)c2ccccc2)C1. The normalized spacial score (nSPS) is 20.6. The highest BCUT2D eigenvalue weighted by atomic mass is 16.2. The molecule has 2 nitrogen and oxygen atoms in total. The van der Waals surface area contributed by atoms with Crippen LogP contribution in [0.25, 0.3) is 0 Å². The summed E-state index contributed by atoms with van der Waals surface area (Å²) >= 11 is 0. The van der Waals surface area contributed by atoms with Crippen molar-refractivity contribution in [3.63, 3.8) is 0 Å². The zero-order valence-electron chi connectivity index (χ0n) is 14.2. The van der Waals surface area contributed by atoms with Gasteiger partial charge in [0.15, 0.2) is 0 Å². The Kier molecular flexibility index (Phi) is 5.14. The minimum atomic E-state index is 0.103. The predicted octanol–water partition coefficient (Wildman–Crippen LogP) is 4.73. The van der Waals surface area contributed by atoms with Crippen molar-refractivity contribution in [1.29, 1.82) is 0 Å². The molecule has 0 saturated carbocycles. The van der Waals surface area contributed by atoms with Crippen molar-refractivity contribution in [3.8, 4) is 0 Å². The van der Waals surface area contributed by atoms with Gasteiger partial charge in [-0.25, -0.2) is 0 Å². The summed E-state index contributed by atoms with van der Waals surface area (Å²) in [6, 6.07) is 20.2. The molecule has 1 aliphatic rings. The van der Waals surface area contributed by atoms with Crippen LogP contribution in [0.15, 0.2) is 73.3 Å². The van der Waals surface area contributed by atoms with E-state index in [-0.39, 0.29) is 11.3 Å². The molecular formula is C22H25NO. The van der Waals surface area contributed by atoms with Crippen LogP contribution in [0.5, 0.6) is 0 Å². The van der Waals surface area contributed by atoms with E-state index in [0.29, 0.717) is 0 Å². The maximum absolute atomic E-state index is 12.8. The standard InChI is InChI=1S/C22H25NO/c1-2-14-22(17-19-10-5-3-6-11-19)15-9-16-23(18-22)21(24)20-12-7-4-8-13-20/h2-8,10-13H,1,9,14-18H2. The Morgan fingerprint density at radius 2 is 1.75 bits per heavy atom. The fraction of sp³-hybridized carbons (Fsp3) is 0.318. The van der Waals surface area contributed by atoms with Gasteiger partial charge in [-0.1, -0.05) is 54.6 Å². The fourth-order valence-corrected chi connectivity index (χ4v) is 3.86. The van der Waals surface area contributed by atoms with E-state index < -0.39 is 0 Å². The molecule has 0 aromatic heterocycles. The number of likely N-dealkylation sites (tertiary alicyclic amines) is 1. The Morgan fingerprint density at radius 3 is 2.42 bits per heavy atom. The molecule has 2 heteroatoms. The number of benzene rings is 2. The highest BCUT2D eigenvalue weighted by Crippen LogP contribution is 2.37. The van der Waals surface area contributed by atoms with Crippen LogP contribution in [0, 0.1) is 5.41 Å². The van der Waals surface area contributed by atoms with Gasteiger partial charge < -0.3 is 4.90 Å². The zero-order chi connectivity index (χ0) is 16.8. The summed E-state index contributed by atoms with van der Waals surface area (Å²) in [6.07, 6.45) is 6.16. The van der Waals surface area contributed by atoms with Crippen LogP contribution in [0.2, 0.25) is 0 Å². The van der Waals surface area contributed by atoms with Crippen molar-refractivity contribution in [2.45, 2.75) is 25.7 Å². The lowest BCUT2D eigenvalue weighted by Crippen LogP contribution is -2.47. The number of rotatable bonds is 5. The van der Waals surface area contributed by atoms with Gasteiger partial charge in [0.2, 0.25) is 0 Å². The van der Waals surface area contributed by atoms with Crippen LogP contribution < -0.4 is 0 Å². The van der Waals surface area contributed by atoms with E-state index in [4.69, 9.17) is 0 Å². The Labute approximate surface area is 144 Å². The summed E-state index contributed by atoms with van der Waals surface area (Å²) < 4.78 is 0. The van der Waals surface area contributed by atoms with Crippen LogP contribution in [-0.4, -0.2) is 23.9 Å². The summed E-state index contributed by atoms with van der Waals surface area (Å²) in [4.78, 5) is 14.9. The smallest absolute Gasteiger partial charge is 0.253 e. The second-order valence-corrected chi connectivity index (χ2v) is 6.85. The molecule has 24 heavy (non-hydrogen) atoms. The summed E-state index contributed by atoms with van der Waals surface area (Å²) in [5.74, 6) is 0.150. The molecule has 2 aromatic carbocycles. The highest BCUT2D eigenvalue weighted by Gasteiger charge is 2.36. The average molecular weight is 319 g/mol. The Morgan fingerprint density at radius 1 is 1.08 bits per heavy atom. The number of carbonyl (C=O) groups excluding carboxylic acids is 1. The van der Waals surface area contributed by atoms with Gasteiger partial charge in [0.25, 0.3) is 5.91 Å². The molecule has 1 fully saturated rings. The van der Waals surface area contributed by atoms with E-state index >= 15 is 0 Å². The molecule has 0 aliphatic carbocycles. The minimum absolute atomic E-state index is 0.103. The number of hydrogen-bond donors (Lipinski definition) is 0. The third-order valence-corrected chi connectivity index (χ3v) is 4.97. The molecule has 1 unspecified atom stereocenters. The second kappa shape index (κ2) is 7.48. The van der Waals surface area contributed by atoms with Crippen LogP contribution in [0.1, 0.15) is 35.2 Å². The largest absolute Gasteiger partial charge is 0.338 e. The molecule has 1 atom stereocenters. The summed E-state index contributed by atoms with van der Waals surface area (Å²) in [7, 11) is 0. The summed E-state index contributed by atoms with van der Waals surface area (Å²) in [6.45, 7) is 5.62. The zero-order valence-corrected chi connectivity index (χ0v) is 14.2. The van der Waals surface area contributed by atoms with E-state index in [2.05, 4.69) is 36.9 Å². The molecular weight excluding hydrogens is 294 g/mol. The van der Waals surface area contributed by atoms with Gasteiger partial charge in [0.1, 0.15) is 0 Å². The van der Waals surface area contributed by atoms with Gasteiger partial charge in [0, 0.05) is 18.7 Å². The molecule has 0 bridgehead atoms. The Balaban J connectivity index is 1.80. The van der Waals surface area contributed by atoms with Crippen molar-refractivity contribution in [3.05, 3.63) is 84.4 Å². The van der Waals surface area contributed by atoms with Crippen molar-refractivity contribution >= 4 is 5.91 Å². The molecule has 1 amide bonds. The molecule has 3 rings (SSSR count). The molecule has 124 valence electrons. The molecule has 1 saturated heterocycles. The van der Waals surface area contributed by atoms with Crippen LogP contribution in [0.3, 0.4) is 0 Å². The van der Waals surface area contributed by atoms with E-state index in [9.17, 15) is 4.79 Å². The number of piperidine rings is 1. The fourth-order valence-electron chi connectivity index (χ4n) is 3.86. The molecule has 0 N–H and O–H groups in total. The first-order valence-corrected chi connectivity index (χ1v) is 8.72. The van der Waals surface area contributed by atoms with Gasteiger partial charge in [0.05, 0.1) is 0 Å². The third kappa shape index (κ3) is 3.76. The van der Waals surface area contributed by atoms with Crippen LogP contribution >= 0.6 is 0 Å². The number of amides is 1.